The zero-order valence-electron chi connectivity index (χ0n) is 13.4. The van der Waals surface area contributed by atoms with Crippen molar-refractivity contribution in [3.05, 3.63) is 59.9 Å². The number of halogens is 1. The molecule has 0 unspecified atom stereocenters. The first-order valence-corrected chi connectivity index (χ1v) is 8.19. The fourth-order valence-corrected chi connectivity index (χ4v) is 3.01. The highest BCUT2D eigenvalue weighted by Gasteiger charge is 2.23. The van der Waals surface area contributed by atoms with Crippen LogP contribution in [-0.4, -0.2) is 35.0 Å². The molecule has 1 aliphatic heterocycles. The van der Waals surface area contributed by atoms with Crippen molar-refractivity contribution in [2.75, 3.05) is 18.4 Å². The molecule has 2 aromatic carbocycles. The lowest BCUT2D eigenvalue weighted by Gasteiger charge is -2.33. The Labute approximate surface area is 140 Å². The van der Waals surface area contributed by atoms with Gasteiger partial charge in [0.25, 0.3) is 0 Å². The maximum atomic E-state index is 13.7. The molecule has 0 bridgehead atoms. The largest absolute Gasteiger partial charge is 0.508 e. The van der Waals surface area contributed by atoms with Crippen LogP contribution >= 0.6 is 0 Å². The Bertz CT molecular complexity index is 712. The van der Waals surface area contributed by atoms with Crippen molar-refractivity contribution in [3.8, 4) is 5.75 Å². The van der Waals surface area contributed by atoms with Crippen LogP contribution in [0.5, 0.6) is 5.75 Å². The van der Waals surface area contributed by atoms with Gasteiger partial charge in [0.2, 0.25) is 5.91 Å². The Balaban J connectivity index is 1.52. The van der Waals surface area contributed by atoms with Gasteiger partial charge in [-0.15, -0.1) is 0 Å². The molecule has 0 aliphatic carbocycles. The summed E-state index contributed by atoms with van der Waals surface area (Å²) in [6, 6.07) is 13.7. The number of hydrogen-bond acceptors (Lipinski definition) is 3. The first kappa shape index (κ1) is 16.3. The Kier molecular flexibility index (Phi) is 4.99. The number of carbonyl (C=O) groups is 1. The van der Waals surface area contributed by atoms with E-state index in [0.717, 1.165) is 12.8 Å². The van der Waals surface area contributed by atoms with Crippen LogP contribution in [0, 0.1) is 5.82 Å². The van der Waals surface area contributed by atoms with Gasteiger partial charge in [0.1, 0.15) is 11.6 Å². The van der Waals surface area contributed by atoms with Gasteiger partial charge < -0.3 is 15.3 Å². The van der Waals surface area contributed by atoms with Gasteiger partial charge in [-0.1, -0.05) is 30.3 Å². The SMILES string of the molecule is O=C(Cc1ccccc1O)N1CCC(Nc2ccccc2F)CC1. The van der Waals surface area contributed by atoms with E-state index in [1.54, 1.807) is 36.4 Å². The summed E-state index contributed by atoms with van der Waals surface area (Å²) in [5.74, 6) is -0.0849. The molecule has 5 heteroatoms. The molecule has 1 heterocycles. The molecular weight excluding hydrogens is 307 g/mol. The molecule has 0 spiro atoms. The first-order valence-electron chi connectivity index (χ1n) is 8.19. The third-order valence-electron chi connectivity index (χ3n) is 4.41. The second kappa shape index (κ2) is 7.34. The predicted molar refractivity (Wildman–Crippen MR) is 91.4 cm³/mol. The van der Waals surface area contributed by atoms with E-state index >= 15 is 0 Å². The summed E-state index contributed by atoms with van der Waals surface area (Å²) < 4.78 is 13.7. The number of piperidine rings is 1. The lowest BCUT2D eigenvalue weighted by atomic mass is 10.0. The number of nitrogens with zero attached hydrogens (tertiary/aromatic N) is 1. The van der Waals surface area contributed by atoms with Crippen LogP contribution < -0.4 is 5.32 Å². The van der Waals surface area contributed by atoms with E-state index in [2.05, 4.69) is 5.32 Å². The molecular formula is C19H21FN2O2. The fourth-order valence-electron chi connectivity index (χ4n) is 3.01. The van der Waals surface area contributed by atoms with Crippen LogP contribution in [0.2, 0.25) is 0 Å². The van der Waals surface area contributed by atoms with Crippen LogP contribution in [0.1, 0.15) is 18.4 Å². The molecule has 0 radical (unpaired) electrons. The number of anilines is 1. The molecule has 0 atom stereocenters. The monoisotopic (exact) mass is 328 g/mol. The molecule has 1 amide bonds. The van der Waals surface area contributed by atoms with Crippen molar-refractivity contribution in [1.29, 1.82) is 0 Å². The quantitative estimate of drug-likeness (QED) is 0.906. The minimum atomic E-state index is -0.254. The number of phenols is 1. The fraction of sp³-hybridized carbons (Fsp3) is 0.316. The first-order chi connectivity index (χ1) is 11.6. The van der Waals surface area contributed by atoms with Crippen molar-refractivity contribution >= 4 is 11.6 Å². The van der Waals surface area contributed by atoms with Crippen LogP contribution in [0.3, 0.4) is 0 Å². The molecule has 1 aliphatic rings. The third kappa shape index (κ3) is 3.85. The summed E-state index contributed by atoms with van der Waals surface area (Å²) in [4.78, 5) is 14.2. The number of benzene rings is 2. The average molecular weight is 328 g/mol. The van der Waals surface area contributed by atoms with E-state index < -0.39 is 0 Å². The van der Waals surface area contributed by atoms with Gasteiger partial charge in [-0.3, -0.25) is 4.79 Å². The van der Waals surface area contributed by atoms with Gasteiger partial charge in [-0.25, -0.2) is 4.39 Å². The highest BCUT2D eigenvalue weighted by Crippen LogP contribution is 2.21. The third-order valence-corrected chi connectivity index (χ3v) is 4.41. The Hall–Kier alpha value is -2.56. The van der Waals surface area contributed by atoms with E-state index in [9.17, 15) is 14.3 Å². The Morgan fingerprint density at radius 1 is 1.12 bits per heavy atom. The highest BCUT2D eigenvalue weighted by molar-refractivity contribution is 5.79. The van der Waals surface area contributed by atoms with E-state index in [0.29, 0.717) is 24.3 Å². The number of amides is 1. The molecule has 0 aromatic heterocycles. The number of rotatable bonds is 4. The van der Waals surface area contributed by atoms with Crippen LogP contribution in [-0.2, 0) is 11.2 Å². The minimum Gasteiger partial charge on any atom is -0.508 e. The standard InChI is InChI=1S/C19H21FN2O2/c20-16-6-2-3-7-17(16)21-15-9-11-22(12-10-15)19(24)13-14-5-1-4-8-18(14)23/h1-8,15,21,23H,9-13H2. The average Bonchev–Trinajstić information content (AvgIpc) is 2.59. The number of phenolic OH excluding ortho intramolecular Hbond substituents is 1. The summed E-state index contributed by atoms with van der Waals surface area (Å²) in [5, 5.41) is 13.0. The normalized spacial score (nSPS) is 15.3. The van der Waals surface area contributed by atoms with E-state index in [-0.39, 0.29) is 29.9 Å². The van der Waals surface area contributed by atoms with Crippen molar-refractivity contribution in [2.24, 2.45) is 0 Å². The lowest BCUT2D eigenvalue weighted by Crippen LogP contribution is -2.43. The molecule has 4 nitrogen and oxygen atoms in total. The Morgan fingerprint density at radius 3 is 2.50 bits per heavy atom. The minimum absolute atomic E-state index is 0.0147. The number of nitrogens with one attached hydrogen (secondary N) is 1. The van der Waals surface area contributed by atoms with Gasteiger partial charge in [-0.2, -0.15) is 0 Å². The molecule has 3 rings (SSSR count). The summed E-state index contributed by atoms with van der Waals surface area (Å²) in [6.45, 7) is 1.27. The van der Waals surface area contributed by atoms with E-state index in [1.165, 1.54) is 6.07 Å². The molecule has 0 saturated carbocycles. The summed E-state index contributed by atoms with van der Waals surface area (Å²) in [5.41, 5.74) is 1.16. The van der Waals surface area contributed by atoms with Gasteiger partial charge in [0.05, 0.1) is 12.1 Å². The topological polar surface area (TPSA) is 52.6 Å². The number of hydrogen-bond donors (Lipinski definition) is 2. The van der Waals surface area contributed by atoms with E-state index in [1.807, 2.05) is 11.0 Å². The van der Waals surface area contributed by atoms with Gasteiger partial charge in [-0.05, 0) is 31.0 Å². The zero-order valence-corrected chi connectivity index (χ0v) is 13.4. The molecule has 1 saturated heterocycles. The molecule has 2 N–H and O–H groups in total. The molecule has 24 heavy (non-hydrogen) atoms. The van der Waals surface area contributed by atoms with Crippen LogP contribution in [0.25, 0.3) is 0 Å². The molecule has 2 aromatic rings. The number of carbonyl (C=O) groups excluding carboxylic acids is 1. The second-order valence-corrected chi connectivity index (χ2v) is 6.08. The lowest BCUT2D eigenvalue weighted by molar-refractivity contribution is -0.131. The number of aromatic hydroxyl groups is 1. The van der Waals surface area contributed by atoms with Crippen LogP contribution in [0.15, 0.2) is 48.5 Å². The summed E-state index contributed by atoms with van der Waals surface area (Å²) >= 11 is 0. The van der Waals surface area contributed by atoms with Gasteiger partial charge in [0, 0.05) is 24.7 Å². The number of likely N-dealkylation sites (tertiary alicyclic amines) is 1. The number of para-hydroxylation sites is 2. The Morgan fingerprint density at radius 2 is 1.79 bits per heavy atom. The second-order valence-electron chi connectivity index (χ2n) is 6.08. The predicted octanol–water partition coefficient (Wildman–Crippen LogP) is 3.18. The van der Waals surface area contributed by atoms with Gasteiger partial charge in [0.15, 0.2) is 0 Å². The maximum absolute atomic E-state index is 13.7. The van der Waals surface area contributed by atoms with Crippen molar-refractivity contribution in [2.45, 2.75) is 25.3 Å². The van der Waals surface area contributed by atoms with Crippen molar-refractivity contribution in [1.82, 2.24) is 4.90 Å². The maximum Gasteiger partial charge on any atom is 0.227 e. The van der Waals surface area contributed by atoms with Crippen LogP contribution in [0.4, 0.5) is 10.1 Å². The zero-order chi connectivity index (χ0) is 16.9. The summed E-state index contributed by atoms with van der Waals surface area (Å²) in [7, 11) is 0. The van der Waals surface area contributed by atoms with E-state index in [4.69, 9.17) is 0 Å². The van der Waals surface area contributed by atoms with Crippen molar-refractivity contribution < 1.29 is 14.3 Å². The van der Waals surface area contributed by atoms with Crippen molar-refractivity contribution in [3.63, 3.8) is 0 Å². The molecule has 1 fully saturated rings. The summed E-state index contributed by atoms with van der Waals surface area (Å²) in [6.07, 6.45) is 1.76. The van der Waals surface area contributed by atoms with Gasteiger partial charge >= 0.3 is 0 Å². The smallest absolute Gasteiger partial charge is 0.227 e. The molecule has 126 valence electrons. The highest BCUT2D eigenvalue weighted by atomic mass is 19.1.